The maximum absolute atomic E-state index is 12.7. The fourth-order valence-corrected chi connectivity index (χ4v) is 2.26. The largest absolute Gasteiger partial charge is 0.452 e. The Morgan fingerprint density at radius 1 is 1.18 bits per heavy atom. The van der Waals surface area contributed by atoms with Gasteiger partial charge in [-0.3, -0.25) is 19.7 Å². The minimum absolute atomic E-state index is 0.0890. The number of alkyl halides is 3. The first kappa shape index (κ1) is 20.9. The number of anilines is 1. The van der Waals surface area contributed by atoms with Crippen LogP contribution >= 0.6 is 0 Å². The van der Waals surface area contributed by atoms with Crippen molar-refractivity contribution in [2.24, 2.45) is 0 Å². The highest BCUT2D eigenvalue weighted by atomic mass is 19.4. The number of nitrogens with zero attached hydrogens (tertiary/aromatic N) is 1. The molecule has 1 amide bonds. The molecule has 1 N–H and O–H groups in total. The summed E-state index contributed by atoms with van der Waals surface area (Å²) < 4.78 is 43.0. The van der Waals surface area contributed by atoms with E-state index < -0.39 is 41.1 Å². The summed E-state index contributed by atoms with van der Waals surface area (Å²) in [5.74, 6) is -1.63. The van der Waals surface area contributed by atoms with Crippen LogP contribution in [0.4, 0.5) is 24.5 Å². The van der Waals surface area contributed by atoms with Gasteiger partial charge in [-0.15, -0.1) is 0 Å². The van der Waals surface area contributed by atoms with Gasteiger partial charge >= 0.3 is 12.1 Å². The first-order chi connectivity index (χ1) is 13.1. The number of benzene rings is 2. The summed E-state index contributed by atoms with van der Waals surface area (Å²) in [6.07, 6.45) is -6.23. The van der Waals surface area contributed by atoms with E-state index in [9.17, 15) is 32.9 Å². The average molecular weight is 396 g/mol. The molecule has 0 radical (unpaired) electrons. The number of hydrogen-bond donors (Lipinski definition) is 1. The minimum Gasteiger partial charge on any atom is -0.452 e. The Morgan fingerprint density at radius 3 is 2.50 bits per heavy atom. The first-order valence-corrected chi connectivity index (χ1v) is 7.97. The van der Waals surface area contributed by atoms with E-state index in [1.807, 2.05) is 0 Å². The van der Waals surface area contributed by atoms with Crippen LogP contribution in [0, 0.1) is 10.1 Å². The minimum atomic E-state index is -4.54. The zero-order chi connectivity index (χ0) is 20.9. The van der Waals surface area contributed by atoms with E-state index in [-0.39, 0.29) is 16.9 Å². The van der Waals surface area contributed by atoms with E-state index in [0.29, 0.717) is 0 Å². The Balaban J connectivity index is 1.96. The lowest BCUT2D eigenvalue weighted by Crippen LogP contribution is -2.30. The van der Waals surface area contributed by atoms with Crippen LogP contribution in [0.5, 0.6) is 0 Å². The van der Waals surface area contributed by atoms with Crippen molar-refractivity contribution in [3.8, 4) is 0 Å². The molecule has 7 nitrogen and oxygen atoms in total. The molecule has 10 heteroatoms. The van der Waals surface area contributed by atoms with E-state index in [4.69, 9.17) is 4.74 Å². The molecular formula is C18H15F3N2O5. The molecule has 2 aromatic carbocycles. The predicted molar refractivity (Wildman–Crippen MR) is 92.4 cm³/mol. The Labute approximate surface area is 157 Å². The standard InChI is InChI=1S/C18H15F3N2O5/c1-11(17(25)22-14-6-3-7-15(10-14)23(26)27)28-16(24)9-12-4-2-5-13(8-12)18(19,20)21/h2-8,10-11H,9H2,1H3,(H,22,25). The molecule has 0 aromatic heterocycles. The van der Waals surface area contributed by atoms with E-state index in [1.54, 1.807) is 0 Å². The summed E-state index contributed by atoms with van der Waals surface area (Å²) in [5.41, 5.74) is -0.896. The van der Waals surface area contributed by atoms with Gasteiger partial charge in [0.1, 0.15) is 0 Å². The number of esters is 1. The van der Waals surface area contributed by atoms with Crippen molar-refractivity contribution in [3.05, 3.63) is 69.8 Å². The summed E-state index contributed by atoms with van der Waals surface area (Å²) in [4.78, 5) is 34.1. The number of halogens is 3. The van der Waals surface area contributed by atoms with Crippen LogP contribution in [0.1, 0.15) is 18.1 Å². The SMILES string of the molecule is CC(OC(=O)Cc1cccc(C(F)(F)F)c1)C(=O)Nc1cccc([N+](=O)[O-])c1. The van der Waals surface area contributed by atoms with Gasteiger partial charge in [0.05, 0.1) is 16.9 Å². The van der Waals surface area contributed by atoms with E-state index in [0.717, 1.165) is 18.2 Å². The number of amides is 1. The number of carbonyl (C=O) groups excluding carboxylic acids is 2. The number of nitro groups is 1. The van der Waals surface area contributed by atoms with E-state index in [2.05, 4.69) is 5.32 Å². The number of ether oxygens (including phenoxy) is 1. The van der Waals surface area contributed by atoms with Crippen molar-refractivity contribution < 1.29 is 32.4 Å². The number of non-ortho nitro benzene ring substituents is 1. The van der Waals surface area contributed by atoms with Crippen LogP contribution in [-0.2, 0) is 26.9 Å². The molecule has 28 heavy (non-hydrogen) atoms. The molecule has 0 bridgehead atoms. The van der Waals surface area contributed by atoms with Gasteiger partial charge in [0.25, 0.3) is 11.6 Å². The summed E-state index contributed by atoms with van der Waals surface area (Å²) in [6.45, 7) is 1.27. The Kier molecular flexibility index (Phi) is 6.34. The van der Waals surface area contributed by atoms with Crippen LogP contribution in [0.25, 0.3) is 0 Å². The lowest BCUT2D eigenvalue weighted by atomic mass is 10.1. The van der Waals surface area contributed by atoms with Gasteiger partial charge in [0.15, 0.2) is 6.10 Å². The smallest absolute Gasteiger partial charge is 0.416 e. The highest BCUT2D eigenvalue weighted by Gasteiger charge is 2.30. The molecule has 0 fully saturated rings. The summed E-state index contributed by atoms with van der Waals surface area (Å²) in [5, 5.41) is 13.1. The number of nitrogens with one attached hydrogen (secondary N) is 1. The monoisotopic (exact) mass is 396 g/mol. The molecule has 0 aliphatic carbocycles. The van der Waals surface area contributed by atoms with Gasteiger partial charge in [-0.2, -0.15) is 13.2 Å². The van der Waals surface area contributed by atoms with E-state index in [1.165, 1.54) is 37.3 Å². The second kappa shape index (κ2) is 8.51. The third-order valence-electron chi connectivity index (χ3n) is 3.60. The van der Waals surface area contributed by atoms with Crippen LogP contribution < -0.4 is 5.32 Å². The van der Waals surface area contributed by atoms with E-state index >= 15 is 0 Å². The summed E-state index contributed by atoms with van der Waals surface area (Å²) >= 11 is 0. The van der Waals surface area contributed by atoms with Crippen LogP contribution in [0.3, 0.4) is 0 Å². The van der Waals surface area contributed by atoms with Gasteiger partial charge in [0.2, 0.25) is 0 Å². The molecule has 1 atom stereocenters. The van der Waals surface area contributed by atoms with Crippen molar-refractivity contribution in [3.63, 3.8) is 0 Å². The lowest BCUT2D eigenvalue weighted by Gasteiger charge is -2.14. The maximum atomic E-state index is 12.7. The van der Waals surface area contributed by atoms with Crippen LogP contribution in [0.2, 0.25) is 0 Å². The first-order valence-electron chi connectivity index (χ1n) is 7.97. The third kappa shape index (κ3) is 5.79. The molecule has 2 rings (SSSR count). The molecule has 0 spiro atoms. The normalized spacial score (nSPS) is 12.1. The van der Waals surface area contributed by atoms with Crippen molar-refractivity contribution in [1.82, 2.24) is 0 Å². The van der Waals surface area contributed by atoms with Crippen LogP contribution in [-0.4, -0.2) is 22.9 Å². The van der Waals surface area contributed by atoms with Gasteiger partial charge in [0, 0.05) is 17.8 Å². The molecule has 0 aliphatic heterocycles. The number of carbonyl (C=O) groups is 2. The number of hydrogen-bond acceptors (Lipinski definition) is 5. The van der Waals surface area contributed by atoms with Crippen molar-refractivity contribution >= 4 is 23.3 Å². The summed E-state index contributed by atoms with van der Waals surface area (Å²) in [6, 6.07) is 9.39. The zero-order valence-electron chi connectivity index (χ0n) is 14.5. The Bertz CT molecular complexity index is 899. The molecule has 0 aliphatic rings. The highest BCUT2D eigenvalue weighted by molar-refractivity contribution is 5.95. The quantitative estimate of drug-likeness (QED) is 0.456. The molecule has 148 valence electrons. The Morgan fingerprint density at radius 2 is 1.86 bits per heavy atom. The second-order valence-corrected chi connectivity index (χ2v) is 5.80. The predicted octanol–water partition coefficient (Wildman–Crippen LogP) is 3.73. The topological polar surface area (TPSA) is 98.5 Å². The van der Waals surface area contributed by atoms with Crippen molar-refractivity contribution in [1.29, 1.82) is 0 Å². The Hall–Kier alpha value is -3.43. The average Bonchev–Trinajstić information content (AvgIpc) is 2.61. The van der Waals surface area contributed by atoms with Gasteiger partial charge in [-0.1, -0.05) is 24.3 Å². The van der Waals surface area contributed by atoms with Crippen molar-refractivity contribution in [2.75, 3.05) is 5.32 Å². The molecule has 0 heterocycles. The molecule has 1 unspecified atom stereocenters. The number of rotatable bonds is 6. The van der Waals surface area contributed by atoms with Crippen molar-refractivity contribution in [2.45, 2.75) is 25.6 Å². The lowest BCUT2D eigenvalue weighted by molar-refractivity contribution is -0.384. The molecule has 0 saturated heterocycles. The van der Waals surface area contributed by atoms with Gasteiger partial charge < -0.3 is 10.1 Å². The zero-order valence-corrected chi connectivity index (χ0v) is 14.5. The summed E-state index contributed by atoms with van der Waals surface area (Å²) in [7, 11) is 0. The highest BCUT2D eigenvalue weighted by Crippen LogP contribution is 2.29. The van der Waals surface area contributed by atoms with Crippen LogP contribution in [0.15, 0.2) is 48.5 Å². The third-order valence-corrected chi connectivity index (χ3v) is 3.60. The molecular weight excluding hydrogens is 381 g/mol. The number of nitro benzene ring substituents is 1. The molecule has 2 aromatic rings. The fraction of sp³-hybridized carbons (Fsp3) is 0.222. The maximum Gasteiger partial charge on any atom is 0.416 e. The second-order valence-electron chi connectivity index (χ2n) is 5.80. The van der Waals surface area contributed by atoms with Gasteiger partial charge in [-0.25, -0.2) is 0 Å². The molecule has 0 saturated carbocycles. The fourth-order valence-electron chi connectivity index (χ4n) is 2.26. The van der Waals surface area contributed by atoms with Gasteiger partial charge in [-0.05, 0) is 24.6 Å².